The molecule has 0 aliphatic heterocycles. The standard InChI is InChI=1S/C11H25N3O/c1-5-13-10(11(12)15)8-14(4)7-6-9(2)3/h9-10,13H,5-8H2,1-4H3,(H2,12,15). The van der Waals surface area contributed by atoms with Gasteiger partial charge in [0.15, 0.2) is 0 Å². The average molecular weight is 215 g/mol. The van der Waals surface area contributed by atoms with Crippen molar-refractivity contribution in [2.24, 2.45) is 11.7 Å². The number of amides is 1. The number of carbonyl (C=O) groups excluding carboxylic acids is 1. The van der Waals surface area contributed by atoms with Gasteiger partial charge in [0.2, 0.25) is 5.91 Å². The number of likely N-dealkylation sites (N-methyl/N-ethyl adjacent to an activating group) is 2. The van der Waals surface area contributed by atoms with Crippen LogP contribution >= 0.6 is 0 Å². The summed E-state index contributed by atoms with van der Waals surface area (Å²) in [5.74, 6) is 0.423. The normalized spacial score (nSPS) is 13.5. The highest BCUT2D eigenvalue weighted by molar-refractivity contribution is 5.80. The summed E-state index contributed by atoms with van der Waals surface area (Å²) in [6, 6.07) is -0.229. The first-order chi connectivity index (χ1) is 6.97. The second-order valence-corrected chi connectivity index (χ2v) is 4.46. The molecule has 1 amide bonds. The number of carbonyl (C=O) groups is 1. The Bertz CT molecular complexity index is 183. The van der Waals surface area contributed by atoms with Crippen LogP contribution in [0.25, 0.3) is 0 Å². The van der Waals surface area contributed by atoms with E-state index < -0.39 is 0 Å². The van der Waals surface area contributed by atoms with E-state index in [-0.39, 0.29) is 11.9 Å². The lowest BCUT2D eigenvalue weighted by Gasteiger charge is -2.23. The molecule has 15 heavy (non-hydrogen) atoms. The third kappa shape index (κ3) is 7.33. The van der Waals surface area contributed by atoms with Gasteiger partial charge in [-0.15, -0.1) is 0 Å². The van der Waals surface area contributed by atoms with Crippen molar-refractivity contribution in [3.8, 4) is 0 Å². The molecule has 3 N–H and O–H groups in total. The zero-order valence-corrected chi connectivity index (χ0v) is 10.4. The summed E-state index contributed by atoms with van der Waals surface area (Å²) < 4.78 is 0. The van der Waals surface area contributed by atoms with Crippen LogP contribution < -0.4 is 11.1 Å². The molecule has 0 aromatic heterocycles. The minimum absolute atomic E-state index is 0.229. The molecule has 0 aliphatic carbocycles. The highest BCUT2D eigenvalue weighted by Gasteiger charge is 2.15. The maximum absolute atomic E-state index is 11.1. The van der Waals surface area contributed by atoms with Crippen molar-refractivity contribution in [1.82, 2.24) is 10.2 Å². The number of nitrogens with one attached hydrogen (secondary N) is 1. The molecule has 90 valence electrons. The molecule has 0 aliphatic rings. The Kier molecular flexibility index (Phi) is 7.34. The topological polar surface area (TPSA) is 58.4 Å². The third-order valence-electron chi connectivity index (χ3n) is 2.38. The Hall–Kier alpha value is -0.610. The van der Waals surface area contributed by atoms with E-state index in [1.54, 1.807) is 0 Å². The van der Waals surface area contributed by atoms with Crippen LogP contribution in [0.4, 0.5) is 0 Å². The van der Waals surface area contributed by atoms with Crippen molar-refractivity contribution in [1.29, 1.82) is 0 Å². The molecule has 1 atom stereocenters. The van der Waals surface area contributed by atoms with E-state index >= 15 is 0 Å². The van der Waals surface area contributed by atoms with Gasteiger partial charge in [-0.1, -0.05) is 20.8 Å². The van der Waals surface area contributed by atoms with Gasteiger partial charge in [0, 0.05) is 6.54 Å². The smallest absolute Gasteiger partial charge is 0.235 e. The lowest BCUT2D eigenvalue weighted by molar-refractivity contribution is -0.120. The Morgan fingerprint density at radius 1 is 1.47 bits per heavy atom. The largest absolute Gasteiger partial charge is 0.368 e. The van der Waals surface area contributed by atoms with Crippen molar-refractivity contribution in [3.05, 3.63) is 0 Å². The minimum atomic E-state index is -0.270. The number of nitrogens with zero attached hydrogens (tertiary/aromatic N) is 1. The van der Waals surface area contributed by atoms with E-state index in [1.165, 1.54) is 0 Å². The molecule has 0 aromatic carbocycles. The highest BCUT2D eigenvalue weighted by Crippen LogP contribution is 2.01. The van der Waals surface area contributed by atoms with Gasteiger partial charge in [-0.2, -0.15) is 0 Å². The number of hydrogen-bond donors (Lipinski definition) is 2. The maximum Gasteiger partial charge on any atom is 0.235 e. The number of rotatable bonds is 8. The maximum atomic E-state index is 11.1. The SMILES string of the molecule is CCNC(CN(C)CCC(C)C)C(N)=O. The van der Waals surface area contributed by atoms with Crippen LogP contribution in [0.3, 0.4) is 0 Å². The first kappa shape index (κ1) is 14.4. The fraction of sp³-hybridized carbons (Fsp3) is 0.909. The van der Waals surface area contributed by atoms with Gasteiger partial charge >= 0.3 is 0 Å². The zero-order valence-electron chi connectivity index (χ0n) is 10.4. The first-order valence-electron chi connectivity index (χ1n) is 5.68. The van der Waals surface area contributed by atoms with E-state index in [2.05, 4.69) is 24.1 Å². The molecule has 0 fully saturated rings. The van der Waals surface area contributed by atoms with Gasteiger partial charge in [0.05, 0.1) is 6.04 Å². The first-order valence-corrected chi connectivity index (χ1v) is 5.68. The molecule has 1 unspecified atom stereocenters. The Morgan fingerprint density at radius 3 is 2.47 bits per heavy atom. The zero-order chi connectivity index (χ0) is 11.8. The monoisotopic (exact) mass is 215 g/mol. The van der Waals surface area contributed by atoms with E-state index in [4.69, 9.17) is 5.73 Å². The Morgan fingerprint density at radius 2 is 2.07 bits per heavy atom. The second kappa shape index (κ2) is 7.65. The van der Waals surface area contributed by atoms with Crippen molar-refractivity contribution in [3.63, 3.8) is 0 Å². The van der Waals surface area contributed by atoms with E-state index in [0.29, 0.717) is 12.5 Å². The van der Waals surface area contributed by atoms with Crippen molar-refractivity contribution in [2.45, 2.75) is 33.2 Å². The molecule has 0 rings (SSSR count). The van der Waals surface area contributed by atoms with Gasteiger partial charge in [-0.3, -0.25) is 4.79 Å². The van der Waals surface area contributed by atoms with Crippen molar-refractivity contribution < 1.29 is 4.79 Å². The molecule has 0 spiro atoms. The molecule has 4 nitrogen and oxygen atoms in total. The lowest BCUT2D eigenvalue weighted by Crippen LogP contribution is -2.48. The van der Waals surface area contributed by atoms with Crippen molar-refractivity contribution in [2.75, 3.05) is 26.7 Å². The molecule has 0 saturated carbocycles. The summed E-state index contributed by atoms with van der Waals surface area (Å²) in [5.41, 5.74) is 5.30. The van der Waals surface area contributed by atoms with Crippen LogP contribution in [-0.4, -0.2) is 43.5 Å². The molecular weight excluding hydrogens is 190 g/mol. The van der Waals surface area contributed by atoms with Gasteiger partial charge < -0.3 is 16.0 Å². The number of nitrogens with two attached hydrogens (primary N) is 1. The summed E-state index contributed by atoms with van der Waals surface area (Å²) in [5, 5.41) is 3.08. The predicted octanol–water partition coefficient (Wildman–Crippen LogP) is 0.428. The van der Waals surface area contributed by atoms with Crippen molar-refractivity contribution >= 4 is 5.91 Å². The van der Waals surface area contributed by atoms with E-state index in [1.807, 2.05) is 14.0 Å². The van der Waals surface area contributed by atoms with Crippen LogP contribution in [0, 0.1) is 5.92 Å². The molecular formula is C11H25N3O. The fourth-order valence-corrected chi connectivity index (χ4v) is 1.38. The molecule has 0 saturated heterocycles. The molecule has 0 radical (unpaired) electrons. The van der Waals surface area contributed by atoms with Crippen LogP contribution in [-0.2, 0) is 4.79 Å². The van der Waals surface area contributed by atoms with Crippen LogP contribution in [0.2, 0.25) is 0 Å². The quantitative estimate of drug-likeness (QED) is 0.617. The Balaban J connectivity index is 3.88. The molecule has 0 bridgehead atoms. The molecule has 0 heterocycles. The summed E-state index contributed by atoms with van der Waals surface area (Å²) in [6.07, 6.45) is 1.15. The number of hydrogen-bond acceptors (Lipinski definition) is 3. The molecule has 4 heteroatoms. The minimum Gasteiger partial charge on any atom is -0.368 e. The fourth-order valence-electron chi connectivity index (χ4n) is 1.38. The van der Waals surface area contributed by atoms with Crippen LogP contribution in [0.1, 0.15) is 27.2 Å². The summed E-state index contributed by atoms with van der Waals surface area (Å²) in [7, 11) is 2.02. The Labute approximate surface area is 93.2 Å². The third-order valence-corrected chi connectivity index (χ3v) is 2.38. The summed E-state index contributed by atoms with van der Waals surface area (Å²) >= 11 is 0. The molecule has 0 aromatic rings. The summed E-state index contributed by atoms with van der Waals surface area (Å²) in [4.78, 5) is 13.2. The van der Waals surface area contributed by atoms with E-state index in [0.717, 1.165) is 19.5 Å². The predicted molar refractivity (Wildman–Crippen MR) is 63.6 cm³/mol. The average Bonchev–Trinajstić information content (AvgIpc) is 2.14. The van der Waals surface area contributed by atoms with E-state index in [9.17, 15) is 4.79 Å². The van der Waals surface area contributed by atoms with Gasteiger partial charge in [-0.25, -0.2) is 0 Å². The van der Waals surface area contributed by atoms with Gasteiger partial charge in [0.1, 0.15) is 0 Å². The number of primary amides is 1. The van der Waals surface area contributed by atoms with Gasteiger partial charge in [-0.05, 0) is 32.5 Å². The van der Waals surface area contributed by atoms with Crippen LogP contribution in [0.5, 0.6) is 0 Å². The summed E-state index contributed by atoms with van der Waals surface area (Å²) in [6.45, 7) is 8.84. The highest BCUT2D eigenvalue weighted by atomic mass is 16.1. The lowest BCUT2D eigenvalue weighted by atomic mass is 10.1. The second-order valence-electron chi connectivity index (χ2n) is 4.46. The van der Waals surface area contributed by atoms with Crippen LogP contribution in [0.15, 0.2) is 0 Å². The van der Waals surface area contributed by atoms with Gasteiger partial charge in [0.25, 0.3) is 0 Å².